The van der Waals surface area contributed by atoms with Crippen molar-refractivity contribution in [3.63, 3.8) is 0 Å². The van der Waals surface area contributed by atoms with Crippen molar-refractivity contribution < 1.29 is 0 Å². The van der Waals surface area contributed by atoms with E-state index in [0.29, 0.717) is 16.6 Å². The summed E-state index contributed by atoms with van der Waals surface area (Å²) in [7, 11) is 0. The molecule has 0 spiro atoms. The van der Waals surface area contributed by atoms with E-state index in [1.807, 2.05) is 18.2 Å². The lowest BCUT2D eigenvalue weighted by Crippen LogP contribution is -2.26. The number of halogens is 2. The first-order valence-corrected chi connectivity index (χ1v) is 5.61. The van der Waals surface area contributed by atoms with Gasteiger partial charge in [-0.05, 0) is 30.5 Å². The molecule has 1 aromatic carbocycles. The van der Waals surface area contributed by atoms with Crippen LogP contribution in [0, 0.1) is 0 Å². The number of hydrogen-bond acceptors (Lipinski definition) is 2. The largest absolute Gasteiger partial charge is 0.369 e. The summed E-state index contributed by atoms with van der Waals surface area (Å²) in [5, 5.41) is 5.04. The van der Waals surface area contributed by atoms with Crippen LogP contribution in [-0.2, 0) is 6.42 Å². The Morgan fingerprint density at radius 3 is 2.44 bits per heavy atom. The van der Waals surface area contributed by atoms with Crippen LogP contribution < -0.4 is 16.9 Å². The van der Waals surface area contributed by atoms with E-state index >= 15 is 0 Å². The van der Waals surface area contributed by atoms with Crippen LogP contribution in [0.25, 0.3) is 0 Å². The zero-order valence-electron chi connectivity index (χ0n) is 8.71. The van der Waals surface area contributed by atoms with Crippen molar-refractivity contribution in [2.45, 2.75) is 12.8 Å². The summed E-state index contributed by atoms with van der Waals surface area (Å²) >= 11 is 12.0. The van der Waals surface area contributed by atoms with Gasteiger partial charge in [0.25, 0.3) is 0 Å². The third kappa shape index (κ3) is 4.16. The van der Waals surface area contributed by atoms with Gasteiger partial charge in [-0.3, -0.25) is 0 Å². The second-order valence-electron chi connectivity index (χ2n) is 3.25. The summed E-state index contributed by atoms with van der Waals surface area (Å²) in [6.45, 7) is 0.666. The van der Waals surface area contributed by atoms with Crippen LogP contribution in [0.3, 0.4) is 0 Å². The molecule has 1 rings (SSSR count). The molecular formula is C10H14Cl2N4. The average Bonchev–Trinajstić information content (AvgIpc) is 2.21. The molecule has 0 aromatic heterocycles. The normalized spacial score (nSPS) is 9.88. The molecule has 0 amide bonds. The SMILES string of the molecule is NC(N)=NNCCCc1c(Cl)cccc1Cl. The lowest BCUT2D eigenvalue weighted by molar-refractivity contribution is 0.680. The second kappa shape index (κ2) is 6.45. The van der Waals surface area contributed by atoms with Crippen LogP contribution >= 0.6 is 23.2 Å². The molecule has 4 nitrogen and oxygen atoms in total. The van der Waals surface area contributed by atoms with Crippen molar-refractivity contribution >= 4 is 29.2 Å². The Hall–Kier alpha value is -1.13. The molecule has 1 aromatic rings. The van der Waals surface area contributed by atoms with Gasteiger partial charge >= 0.3 is 0 Å². The number of nitrogens with one attached hydrogen (secondary N) is 1. The first-order valence-electron chi connectivity index (χ1n) is 4.85. The fraction of sp³-hybridized carbons (Fsp3) is 0.300. The van der Waals surface area contributed by atoms with Gasteiger partial charge < -0.3 is 16.9 Å². The molecule has 0 unspecified atom stereocenters. The maximum atomic E-state index is 6.02. The highest BCUT2D eigenvalue weighted by molar-refractivity contribution is 6.35. The minimum absolute atomic E-state index is 0.0239. The summed E-state index contributed by atoms with van der Waals surface area (Å²) in [4.78, 5) is 0. The van der Waals surface area contributed by atoms with Crippen molar-refractivity contribution in [1.29, 1.82) is 0 Å². The number of guanidine groups is 1. The maximum absolute atomic E-state index is 6.02. The highest BCUT2D eigenvalue weighted by atomic mass is 35.5. The zero-order chi connectivity index (χ0) is 12.0. The third-order valence-corrected chi connectivity index (χ3v) is 2.69. The maximum Gasteiger partial charge on any atom is 0.208 e. The number of hydrogen-bond donors (Lipinski definition) is 3. The van der Waals surface area contributed by atoms with Gasteiger partial charge in [-0.2, -0.15) is 0 Å². The third-order valence-electron chi connectivity index (χ3n) is 1.99. The van der Waals surface area contributed by atoms with Crippen LogP contribution in [-0.4, -0.2) is 12.5 Å². The molecule has 0 aliphatic heterocycles. The van der Waals surface area contributed by atoms with Crippen molar-refractivity contribution in [3.8, 4) is 0 Å². The number of nitrogens with zero attached hydrogens (tertiary/aromatic N) is 1. The van der Waals surface area contributed by atoms with E-state index in [1.54, 1.807) is 0 Å². The van der Waals surface area contributed by atoms with E-state index in [-0.39, 0.29) is 5.96 Å². The van der Waals surface area contributed by atoms with Gasteiger partial charge in [-0.15, -0.1) is 5.10 Å². The number of rotatable bonds is 5. The van der Waals surface area contributed by atoms with E-state index < -0.39 is 0 Å². The molecule has 88 valence electrons. The Kier molecular flexibility index (Phi) is 5.22. The van der Waals surface area contributed by atoms with Crippen LogP contribution in [0.15, 0.2) is 23.3 Å². The molecule has 5 N–H and O–H groups in total. The van der Waals surface area contributed by atoms with Gasteiger partial charge in [0.1, 0.15) is 0 Å². The van der Waals surface area contributed by atoms with E-state index in [2.05, 4.69) is 10.5 Å². The lowest BCUT2D eigenvalue weighted by Gasteiger charge is -2.06. The Labute approximate surface area is 105 Å². The minimum Gasteiger partial charge on any atom is -0.369 e. The Morgan fingerprint density at radius 2 is 1.88 bits per heavy atom. The lowest BCUT2D eigenvalue weighted by atomic mass is 10.1. The quantitative estimate of drug-likeness (QED) is 0.327. The van der Waals surface area contributed by atoms with E-state index in [0.717, 1.165) is 18.4 Å². The first kappa shape index (κ1) is 12.9. The van der Waals surface area contributed by atoms with Crippen molar-refractivity contribution in [1.82, 2.24) is 5.43 Å². The number of nitrogens with two attached hydrogens (primary N) is 2. The Balaban J connectivity index is 2.40. The topological polar surface area (TPSA) is 76.4 Å². The zero-order valence-corrected chi connectivity index (χ0v) is 10.2. The summed E-state index contributed by atoms with van der Waals surface area (Å²) in [5.41, 5.74) is 14.0. The van der Waals surface area contributed by atoms with Crippen LogP contribution in [0.2, 0.25) is 10.0 Å². The second-order valence-corrected chi connectivity index (χ2v) is 4.06. The smallest absolute Gasteiger partial charge is 0.208 e. The molecular weight excluding hydrogens is 247 g/mol. The van der Waals surface area contributed by atoms with Crippen molar-refractivity contribution in [3.05, 3.63) is 33.8 Å². The van der Waals surface area contributed by atoms with E-state index in [9.17, 15) is 0 Å². The van der Waals surface area contributed by atoms with Crippen LogP contribution in [0.1, 0.15) is 12.0 Å². The molecule has 6 heteroatoms. The molecule has 0 aliphatic carbocycles. The molecule has 0 atom stereocenters. The highest BCUT2D eigenvalue weighted by Gasteiger charge is 2.04. The van der Waals surface area contributed by atoms with E-state index in [4.69, 9.17) is 34.7 Å². The van der Waals surface area contributed by atoms with Gasteiger partial charge in [0.15, 0.2) is 0 Å². The number of benzene rings is 1. The minimum atomic E-state index is 0.0239. The molecule has 0 heterocycles. The predicted molar refractivity (Wildman–Crippen MR) is 68.6 cm³/mol. The Bertz CT molecular complexity index is 355. The van der Waals surface area contributed by atoms with Gasteiger partial charge in [-0.1, -0.05) is 29.3 Å². The average molecular weight is 261 g/mol. The first-order chi connectivity index (χ1) is 7.61. The van der Waals surface area contributed by atoms with Crippen LogP contribution in [0.5, 0.6) is 0 Å². The molecule has 0 saturated heterocycles. The molecule has 0 radical (unpaired) electrons. The Morgan fingerprint density at radius 1 is 1.25 bits per heavy atom. The molecule has 0 saturated carbocycles. The van der Waals surface area contributed by atoms with Crippen molar-refractivity contribution in [2.24, 2.45) is 16.6 Å². The van der Waals surface area contributed by atoms with E-state index in [1.165, 1.54) is 0 Å². The van der Waals surface area contributed by atoms with Gasteiger partial charge in [0.2, 0.25) is 5.96 Å². The van der Waals surface area contributed by atoms with Gasteiger partial charge in [-0.25, -0.2) is 0 Å². The fourth-order valence-electron chi connectivity index (χ4n) is 1.26. The van der Waals surface area contributed by atoms with Crippen molar-refractivity contribution in [2.75, 3.05) is 6.54 Å². The molecule has 0 fully saturated rings. The molecule has 0 bridgehead atoms. The van der Waals surface area contributed by atoms with Crippen LogP contribution in [0.4, 0.5) is 0 Å². The fourth-order valence-corrected chi connectivity index (χ4v) is 1.85. The summed E-state index contributed by atoms with van der Waals surface area (Å²) in [5.74, 6) is 0.0239. The summed E-state index contributed by atoms with van der Waals surface area (Å²) < 4.78 is 0. The van der Waals surface area contributed by atoms with Gasteiger partial charge in [0, 0.05) is 16.6 Å². The summed E-state index contributed by atoms with van der Waals surface area (Å²) in [6.07, 6.45) is 1.63. The standard InChI is InChI=1S/C10H14Cl2N4/c11-8-4-1-5-9(12)7(8)3-2-6-15-16-10(13)14/h1,4-5,15H,2-3,6H2,(H4,13,14,16). The predicted octanol–water partition coefficient (Wildman–Crippen LogP) is 1.70. The highest BCUT2D eigenvalue weighted by Crippen LogP contribution is 2.25. The monoisotopic (exact) mass is 260 g/mol. The molecule has 0 aliphatic rings. The summed E-state index contributed by atoms with van der Waals surface area (Å²) in [6, 6.07) is 5.48. The molecule has 16 heavy (non-hydrogen) atoms. The number of hydrazone groups is 1. The van der Waals surface area contributed by atoms with Gasteiger partial charge in [0.05, 0.1) is 0 Å².